The number of rotatable bonds is 5. The first kappa shape index (κ1) is 20.9. The summed E-state index contributed by atoms with van der Waals surface area (Å²) >= 11 is 0. The van der Waals surface area contributed by atoms with Gasteiger partial charge in [0, 0.05) is 43.0 Å². The zero-order valence-corrected chi connectivity index (χ0v) is 17.8. The zero-order chi connectivity index (χ0) is 22.0. The van der Waals surface area contributed by atoms with E-state index in [2.05, 4.69) is 4.98 Å². The van der Waals surface area contributed by atoms with Crippen molar-refractivity contribution >= 4 is 22.8 Å². The molecule has 4 rings (SSSR count). The van der Waals surface area contributed by atoms with Gasteiger partial charge in [0.05, 0.1) is 44.6 Å². The van der Waals surface area contributed by atoms with E-state index in [1.807, 2.05) is 34.8 Å². The van der Waals surface area contributed by atoms with E-state index in [9.17, 15) is 9.59 Å². The van der Waals surface area contributed by atoms with E-state index in [4.69, 9.17) is 14.2 Å². The summed E-state index contributed by atoms with van der Waals surface area (Å²) in [5.74, 6) is 0.00713. The topological polar surface area (TPSA) is 82.9 Å². The van der Waals surface area contributed by atoms with Crippen molar-refractivity contribution in [1.82, 2.24) is 14.5 Å². The minimum absolute atomic E-state index is 0.0843. The SMILES string of the molecule is COC(=O)c1ccc2c(c1)c(CC1COCCN1C(=O)c1ccc(OC)nc1)cn2C. The van der Waals surface area contributed by atoms with E-state index in [-0.39, 0.29) is 17.9 Å². The van der Waals surface area contributed by atoms with Crippen LogP contribution in [0.25, 0.3) is 10.9 Å². The second kappa shape index (κ2) is 8.77. The summed E-state index contributed by atoms with van der Waals surface area (Å²) in [5, 5.41) is 0.967. The number of nitrogens with zero attached hydrogens (tertiary/aromatic N) is 3. The molecule has 8 nitrogen and oxygen atoms in total. The Kier molecular flexibility index (Phi) is 5.90. The summed E-state index contributed by atoms with van der Waals surface area (Å²) in [5.41, 5.74) is 3.07. The normalized spacial score (nSPS) is 16.4. The van der Waals surface area contributed by atoms with Crippen LogP contribution >= 0.6 is 0 Å². The number of hydrogen-bond acceptors (Lipinski definition) is 6. The first-order valence-corrected chi connectivity index (χ1v) is 10.1. The number of methoxy groups -OCH3 is 2. The smallest absolute Gasteiger partial charge is 0.337 e. The number of fused-ring (bicyclic) bond motifs is 1. The number of carbonyl (C=O) groups is 2. The molecule has 162 valence electrons. The van der Waals surface area contributed by atoms with E-state index in [0.717, 1.165) is 16.5 Å². The summed E-state index contributed by atoms with van der Waals surface area (Å²) in [6.07, 6.45) is 4.18. The Hall–Kier alpha value is -3.39. The molecule has 1 aliphatic rings. The van der Waals surface area contributed by atoms with E-state index < -0.39 is 0 Å². The molecule has 31 heavy (non-hydrogen) atoms. The Morgan fingerprint density at radius 3 is 2.71 bits per heavy atom. The van der Waals surface area contributed by atoms with Crippen LogP contribution in [0.15, 0.2) is 42.7 Å². The Morgan fingerprint density at radius 2 is 2.00 bits per heavy atom. The molecule has 2 aromatic heterocycles. The van der Waals surface area contributed by atoms with Crippen molar-refractivity contribution in [1.29, 1.82) is 0 Å². The van der Waals surface area contributed by atoms with Gasteiger partial charge in [-0.1, -0.05) is 0 Å². The van der Waals surface area contributed by atoms with Gasteiger partial charge in [0.25, 0.3) is 5.91 Å². The third-order valence-electron chi connectivity index (χ3n) is 5.63. The minimum atomic E-state index is -0.374. The highest BCUT2D eigenvalue weighted by Crippen LogP contribution is 2.26. The van der Waals surface area contributed by atoms with Crippen molar-refractivity contribution in [2.45, 2.75) is 12.5 Å². The molecular weight excluding hydrogens is 398 g/mol. The van der Waals surface area contributed by atoms with Crippen LogP contribution in [0.4, 0.5) is 0 Å². The van der Waals surface area contributed by atoms with Gasteiger partial charge in [0.1, 0.15) is 0 Å². The molecule has 0 spiro atoms. The largest absolute Gasteiger partial charge is 0.481 e. The molecule has 1 unspecified atom stereocenters. The highest BCUT2D eigenvalue weighted by molar-refractivity contribution is 5.96. The van der Waals surface area contributed by atoms with Crippen LogP contribution in [0.5, 0.6) is 5.88 Å². The molecule has 3 aromatic rings. The molecule has 3 heterocycles. The fraction of sp³-hybridized carbons (Fsp3) is 0.348. The standard InChI is InChI=1S/C23H25N3O5/c1-25-13-17(19-11-15(23(28)30-3)4-6-20(19)25)10-18-14-31-9-8-26(18)22(27)16-5-7-21(29-2)24-12-16/h4-7,11-13,18H,8-10,14H2,1-3H3. The van der Waals surface area contributed by atoms with Gasteiger partial charge in [0.15, 0.2) is 0 Å². The van der Waals surface area contributed by atoms with Gasteiger partial charge in [-0.05, 0) is 36.2 Å². The lowest BCUT2D eigenvalue weighted by Crippen LogP contribution is -2.49. The van der Waals surface area contributed by atoms with Crippen molar-refractivity contribution < 1.29 is 23.8 Å². The molecule has 1 fully saturated rings. The first-order chi connectivity index (χ1) is 15.0. The molecule has 8 heteroatoms. The van der Waals surface area contributed by atoms with Crippen molar-refractivity contribution in [2.75, 3.05) is 34.0 Å². The molecule has 1 saturated heterocycles. The number of aryl methyl sites for hydroxylation is 1. The molecule has 0 N–H and O–H groups in total. The number of amides is 1. The van der Waals surface area contributed by atoms with Gasteiger partial charge < -0.3 is 23.7 Å². The van der Waals surface area contributed by atoms with Crippen LogP contribution in [0.1, 0.15) is 26.3 Å². The highest BCUT2D eigenvalue weighted by atomic mass is 16.5. The lowest BCUT2D eigenvalue weighted by Gasteiger charge is -2.35. The predicted octanol–water partition coefficient (Wildman–Crippen LogP) is 2.45. The highest BCUT2D eigenvalue weighted by Gasteiger charge is 2.29. The second-order valence-electron chi connectivity index (χ2n) is 7.51. The van der Waals surface area contributed by atoms with E-state index in [1.54, 1.807) is 18.2 Å². The van der Waals surface area contributed by atoms with Gasteiger partial charge in [-0.2, -0.15) is 0 Å². The maximum Gasteiger partial charge on any atom is 0.337 e. The Labute approximate surface area is 180 Å². The molecule has 0 bridgehead atoms. The third-order valence-corrected chi connectivity index (χ3v) is 5.63. The first-order valence-electron chi connectivity index (χ1n) is 10.1. The maximum absolute atomic E-state index is 13.2. The van der Waals surface area contributed by atoms with Gasteiger partial charge in [-0.25, -0.2) is 9.78 Å². The van der Waals surface area contributed by atoms with Crippen LogP contribution in [0.3, 0.4) is 0 Å². The summed E-state index contributed by atoms with van der Waals surface area (Å²) in [4.78, 5) is 31.2. The number of ether oxygens (including phenoxy) is 3. The molecule has 1 amide bonds. The van der Waals surface area contributed by atoms with Crippen LogP contribution in [-0.2, 0) is 22.9 Å². The van der Waals surface area contributed by atoms with Gasteiger partial charge >= 0.3 is 5.97 Å². The molecular formula is C23H25N3O5. The van der Waals surface area contributed by atoms with Crippen molar-refractivity contribution in [3.8, 4) is 5.88 Å². The van der Waals surface area contributed by atoms with E-state index >= 15 is 0 Å². The number of morpholine rings is 1. The third kappa shape index (κ3) is 4.11. The lowest BCUT2D eigenvalue weighted by molar-refractivity contribution is -0.00158. The quantitative estimate of drug-likeness (QED) is 0.587. The molecule has 1 aliphatic heterocycles. The number of carbonyl (C=O) groups excluding carboxylic acids is 2. The van der Waals surface area contributed by atoms with Crippen LogP contribution in [-0.4, -0.2) is 66.3 Å². The second-order valence-corrected chi connectivity index (χ2v) is 7.51. The summed E-state index contributed by atoms with van der Waals surface area (Å²) in [6, 6.07) is 8.79. The van der Waals surface area contributed by atoms with E-state index in [1.165, 1.54) is 20.4 Å². The summed E-state index contributed by atoms with van der Waals surface area (Å²) in [6.45, 7) is 1.45. The van der Waals surface area contributed by atoms with Crippen molar-refractivity contribution in [2.24, 2.45) is 7.05 Å². The Morgan fingerprint density at radius 1 is 1.19 bits per heavy atom. The molecule has 1 aromatic carbocycles. The molecule has 0 radical (unpaired) electrons. The fourth-order valence-electron chi connectivity index (χ4n) is 4.02. The maximum atomic E-state index is 13.2. The number of hydrogen-bond donors (Lipinski definition) is 0. The van der Waals surface area contributed by atoms with Crippen LogP contribution in [0, 0.1) is 0 Å². The monoisotopic (exact) mass is 423 g/mol. The predicted molar refractivity (Wildman–Crippen MR) is 114 cm³/mol. The van der Waals surface area contributed by atoms with Gasteiger partial charge in [-0.3, -0.25) is 4.79 Å². The van der Waals surface area contributed by atoms with Crippen LogP contribution in [0.2, 0.25) is 0 Å². The average molecular weight is 423 g/mol. The molecule has 1 atom stereocenters. The van der Waals surface area contributed by atoms with Crippen molar-refractivity contribution in [3.63, 3.8) is 0 Å². The Balaban J connectivity index is 1.62. The summed E-state index contributed by atoms with van der Waals surface area (Å²) in [7, 11) is 4.87. The lowest BCUT2D eigenvalue weighted by atomic mass is 10.0. The number of esters is 1. The van der Waals surface area contributed by atoms with Gasteiger partial charge in [-0.15, -0.1) is 0 Å². The summed E-state index contributed by atoms with van der Waals surface area (Å²) < 4.78 is 17.7. The molecule has 0 aliphatic carbocycles. The number of aromatic nitrogens is 2. The van der Waals surface area contributed by atoms with E-state index in [0.29, 0.717) is 43.2 Å². The minimum Gasteiger partial charge on any atom is -0.481 e. The van der Waals surface area contributed by atoms with Gasteiger partial charge in [0.2, 0.25) is 5.88 Å². The average Bonchev–Trinajstić information content (AvgIpc) is 3.13. The zero-order valence-electron chi connectivity index (χ0n) is 17.8. The number of benzene rings is 1. The number of pyridine rings is 1. The van der Waals surface area contributed by atoms with Crippen LogP contribution < -0.4 is 4.74 Å². The fourth-order valence-corrected chi connectivity index (χ4v) is 4.02. The molecule has 0 saturated carbocycles. The Bertz CT molecular complexity index is 1110. The van der Waals surface area contributed by atoms with Crippen molar-refractivity contribution in [3.05, 3.63) is 59.4 Å².